The van der Waals surface area contributed by atoms with Crippen molar-refractivity contribution in [3.05, 3.63) is 42.1 Å². The van der Waals surface area contributed by atoms with Crippen molar-refractivity contribution in [1.29, 1.82) is 0 Å². The number of nitrogens with one attached hydrogen (secondary N) is 1. The van der Waals surface area contributed by atoms with Crippen LogP contribution in [0.3, 0.4) is 0 Å². The molecule has 2 aliphatic heterocycles. The Morgan fingerprint density at radius 2 is 2.00 bits per heavy atom. The minimum Gasteiger partial charge on any atom is -0.316 e. The number of pyridine rings is 1. The Bertz CT molecular complexity index is 583. The van der Waals surface area contributed by atoms with E-state index >= 15 is 0 Å². The lowest BCUT2D eigenvalue weighted by molar-refractivity contribution is 0.306. The van der Waals surface area contributed by atoms with Crippen molar-refractivity contribution in [3.63, 3.8) is 0 Å². The fourth-order valence-corrected chi connectivity index (χ4v) is 3.56. The van der Waals surface area contributed by atoms with Gasteiger partial charge in [-0.1, -0.05) is 12.1 Å². The Morgan fingerprint density at radius 1 is 1.16 bits per heavy atom. The Hall–Kier alpha value is -1.45. The van der Waals surface area contributed by atoms with Crippen LogP contribution in [0.15, 0.2) is 36.5 Å². The summed E-state index contributed by atoms with van der Waals surface area (Å²) in [5.74, 6) is 1.75. The van der Waals surface area contributed by atoms with E-state index in [2.05, 4.69) is 39.5 Å². The molecule has 0 spiro atoms. The third kappa shape index (κ3) is 2.13. The zero-order valence-corrected chi connectivity index (χ0v) is 11.0. The van der Waals surface area contributed by atoms with E-state index in [1.807, 2.05) is 12.3 Å². The van der Waals surface area contributed by atoms with Crippen LogP contribution >= 0.6 is 0 Å². The van der Waals surface area contributed by atoms with E-state index < -0.39 is 0 Å². The highest BCUT2D eigenvalue weighted by Gasteiger charge is 2.35. The molecule has 3 heteroatoms. The minimum atomic E-state index is 0.877. The average molecular weight is 253 g/mol. The SMILES string of the molecule is c1cnc2ccc(CN3CC4CNCC4C3)cc2c1. The van der Waals surface area contributed by atoms with Crippen LogP contribution in [-0.2, 0) is 6.54 Å². The second kappa shape index (κ2) is 4.58. The van der Waals surface area contributed by atoms with Crippen LogP contribution in [0, 0.1) is 11.8 Å². The molecule has 4 rings (SSSR count). The zero-order chi connectivity index (χ0) is 12.7. The quantitative estimate of drug-likeness (QED) is 0.886. The molecule has 0 aliphatic carbocycles. The van der Waals surface area contributed by atoms with Gasteiger partial charge in [0.15, 0.2) is 0 Å². The Morgan fingerprint density at radius 3 is 2.84 bits per heavy atom. The molecule has 98 valence electrons. The van der Waals surface area contributed by atoms with Crippen LogP contribution in [-0.4, -0.2) is 36.1 Å². The van der Waals surface area contributed by atoms with Gasteiger partial charge in [-0.15, -0.1) is 0 Å². The molecule has 1 N–H and O–H groups in total. The molecule has 1 aromatic carbocycles. The van der Waals surface area contributed by atoms with Crippen LogP contribution in [0.1, 0.15) is 5.56 Å². The van der Waals surface area contributed by atoms with E-state index in [1.54, 1.807) is 0 Å². The van der Waals surface area contributed by atoms with Crippen molar-refractivity contribution in [1.82, 2.24) is 15.2 Å². The van der Waals surface area contributed by atoms with Crippen molar-refractivity contribution >= 4 is 10.9 Å². The maximum atomic E-state index is 4.38. The van der Waals surface area contributed by atoms with Gasteiger partial charge in [0.1, 0.15) is 0 Å². The fraction of sp³-hybridized carbons (Fsp3) is 0.438. The summed E-state index contributed by atoms with van der Waals surface area (Å²) in [5, 5.41) is 4.75. The smallest absolute Gasteiger partial charge is 0.0702 e. The van der Waals surface area contributed by atoms with E-state index in [0.29, 0.717) is 0 Å². The van der Waals surface area contributed by atoms with E-state index in [0.717, 1.165) is 23.9 Å². The molecule has 2 fully saturated rings. The lowest BCUT2D eigenvalue weighted by Gasteiger charge is -2.17. The van der Waals surface area contributed by atoms with E-state index in [-0.39, 0.29) is 0 Å². The first-order valence-electron chi connectivity index (χ1n) is 7.15. The summed E-state index contributed by atoms with van der Waals surface area (Å²) in [6, 6.07) is 10.8. The minimum absolute atomic E-state index is 0.877. The maximum Gasteiger partial charge on any atom is 0.0702 e. The summed E-state index contributed by atoms with van der Waals surface area (Å²) in [6.45, 7) is 6.01. The molecule has 0 radical (unpaired) electrons. The van der Waals surface area contributed by atoms with Crippen molar-refractivity contribution < 1.29 is 0 Å². The number of hydrogen-bond donors (Lipinski definition) is 1. The van der Waals surface area contributed by atoms with E-state index in [4.69, 9.17) is 0 Å². The number of hydrogen-bond acceptors (Lipinski definition) is 3. The molecule has 0 saturated carbocycles. The summed E-state index contributed by atoms with van der Waals surface area (Å²) in [5.41, 5.74) is 2.50. The van der Waals surface area contributed by atoms with Crippen molar-refractivity contribution in [2.45, 2.75) is 6.54 Å². The van der Waals surface area contributed by atoms with Crippen LogP contribution in [0.25, 0.3) is 10.9 Å². The number of likely N-dealkylation sites (tertiary alicyclic amines) is 1. The first-order chi connectivity index (χ1) is 9.38. The highest BCUT2D eigenvalue weighted by molar-refractivity contribution is 5.78. The van der Waals surface area contributed by atoms with Gasteiger partial charge in [0.2, 0.25) is 0 Å². The number of benzene rings is 1. The van der Waals surface area contributed by atoms with Crippen LogP contribution < -0.4 is 5.32 Å². The standard InChI is InChI=1S/C16H19N3/c1-2-13-6-12(3-4-16(13)18-5-1)9-19-10-14-7-17-8-15(14)11-19/h1-6,14-15,17H,7-11H2. The largest absolute Gasteiger partial charge is 0.316 e. The molecular formula is C16H19N3. The number of fused-ring (bicyclic) bond motifs is 2. The predicted molar refractivity (Wildman–Crippen MR) is 76.9 cm³/mol. The van der Waals surface area contributed by atoms with Gasteiger partial charge in [-0.2, -0.15) is 0 Å². The summed E-state index contributed by atoms with van der Waals surface area (Å²) in [6.07, 6.45) is 1.86. The Labute approximate surface area is 113 Å². The highest BCUT2D eigenvalue weighted by atomic mass is 15.2. The molecule has 19 heavy (non-hydrogen) atoms. The Kier molecular flexibility index (Phi) is 2.75. The molecule has 3 heterocycles. The fourth-order valence-electron chi connectivity index (χ4n) is 3.56. The summed E-state index contributed by atoms with van der Waals surface area (Å²) >= 11 is 0. The third-order valence-electron chi connectivity index (χ3n) is 4.54. The van der Waals surface area contributed by atoms with Crippen molar-refractivity contribution in [2.75, 3.05) is 26.2 Å². The molecule has 2 aliphatic rings. The number of aromatic nitrogens is 1. The molecule has 2 unspecified atom stereocenters. The molecule has 0 bridgehead atoms. The normalized spacial score (nSPS) is 26.9. The van der Waals surface area contributed by atoms with E-state index in [1.165, 1.54) is 37.1 Å². The monoisotopic (exact) mass is 253 g/mol. The molecule has 1 aromatic heterocycles. The second-order valence-electron chi connectivity index (χ2n) is 5.90. The van der Waals surface area contributed by atoms with E-state index in [9.17, 15) is 0 Å². The second-order valence-corrected chi connectivity index (χ2v) is 5.90. The lowest BCUT2D eigenvalue weighted by Crippen LogP contribution is -2.25. The van der Waals surface area contributed by atoms with Gasteiger partial charge in [-0.3, -0.25) is 9.88 Å². The maximum absolute atomic E-state index is 4.38. The zero-order valence-electron chi connectivity index (χ0n) is 11.0. The van der Waals surface area contributed by atoms with Crippen LogP contribution in [0.5, 0.6) is 0 Å². The third-order valence-corrected chi connectivity index (χ3v) is 4.54. The average Bonchev–Trinajstić information content (AvgIpc) is 2.99. The number of rotatable bonds is 2. The molecule has 3 nitrogen and oxygen atoms in total. The number of nitrogens with zero attached hydrogens (tertiary/aromatic N) is 2. The molecular weight excluding hydrogens is 234 g/mol. The van der Waals surface area contributed by atoms with Crippen molar-refractivity contribution in [2.24, 2.45) is 11.8 Å². The van der Waals surface area contributed by atoms with Gasteiger partial charge in [0.25, 0.3) is 0 Å². The van der Waals surface area contributed by atoms with Gasteiger partial charge in [0.05, 0.1) is 5.52 Å². The first kappa shape index (κ1) is 11.4. The summed E-state index contributed by atoms with van der Waals surface area (Å²) < 4.78 is 0. The predicted octanol–water partition coefficient (Wildman–Crippen LogP) is 1.89. The highest BCUT2D eigenvalue weighted by Crippen LogP contribution is 2.27. The van der Waals surface area contributed by atoms with Crippen LogP contribution in [0.4, 0.5) is 0 Å². The van der Waals surface area contributed by atoms with Gasteiger partial charge in [0, 0.05) is 31.2 Å². The molecule has 2 atom stereocenters. The Balaban J connectivity index is 1.52. The molecule has 0 amide bonds. The summed E-state index contributed by atoms with van der Waals surface area (Å²) in [4.78, 5) is 6.98. The molecule has 2 saturated heterocycles. The van der Waals surface area contributed by atoms with Gasteiger partial charge >= 0.3 is 0 Å². The van der Waals surface area contributed by atoms with Gasteiger partial charge in [-0.25, -0.2) is 0 Å². The van der Waals surface area contributed by atoms with Crippen molar-refractivity contribution in [3.8, 4) is 0 Å². The van der Waals surface area contributed by atoms with Crippen LogP contribution in [0.2, 0.25) is 0 Å². The van der Waals surface area contributed by atoms with Gasteiger partial charge < -0.3 is 5.32 Å². The molecule has 2 aromatic rings. The topological polar surface area (TPSA) is 28.2 Å². The summed E-state index contributed by atoms with van der Waals surface area (Å²) in [7, 11) is 0. The van der Waals surface area contributed by atoms with Gasteiger partial charge in [-0.05, 0) is 48.7 Å². The lowest BCUT2D eigenvalue weighted by atomic mass is 10.0. The first-order valence-corrected chi connectivity index (χ1v) is 7.15.